The number of carbonyl (C=O) groups excluding carboxylic acids is 1. The van der Waals surface area contributed by atoms with Gasteiger partial charge in [-0.15, -0.1) is 0 Å². The number of nitrogens with zero attached hydrogens (tertiary/aromatic N) is 5. The van der Waals surface area contributed by atoms with Crippen LogP contribution < -0.4 is 15.0 Å². The number of hydrogen-bond donors (Lipinski definition) is 2. The van der Waals surface area contributed by atoms with Gasteiger partial charge in [-0.05, 0) is 26.1 Å². The SMILES string of the molecule is CN1CCN(c2cc3c(cc2NC(=O)c2cnn4cccnc24)C[C@@](C)(CO)O3)CC1. The maximum Gasteiger partial charge on any atom is 0.261 e. The highest BCUT2D eigenvalue weighted by molar-refractivity contribution is 6.09. The quantitative estimate of drug-likeness (QED) is 0.657. The molecule has 0 radical (unpaired) electrons. The number of aliphatic hydroxyl groups excluding tert-OH is 1. The van der Waals surface area contributed by atoms with Crippen LogP contribution in [0.1, 0.15) is 22.8 Å². The second kappa shape index (κ2) is 7.51. The van der Waals surface area contributed by atoms with Crippen LogP contribution in [0.2, 0.25) is 0 Å². The van der Waals surface area contributed by atoms with Crippen molar-refractivity contribution in [2.24, 2.45) is 0 Å². The van der Waals surface area contributed by atoms with Crippen molar-refractivity contribution in [1.82, 2.24) is 19.5 Å². The van der Waals surface area contributed by atoms with Crippen LogP contribution in [0, 0.1) is 0 Å². The van der Waals surface area contributed by atoms with Crippen LogP contribution >= 0.6 is 0 Å². The van der Waals surface area contributed by atoms with Gasteiger partial charge >= 0.3 is 0 Å². The summed E-state index contributed by atoms with van der Waals surface area (Å²) < 4.78 is 7.65. The van der Waals surface area contributed by atoms with Gasteiger partial charge in [0.15, 0.2) is 5.65 Å². The van der Waals surface area contributed by atoms with Crippen molar-refractivity contribution in [1.29, 1.82) is 0 Å². The van der Waals surface area contributed by atoms with Crippen LogP contribution in [0.3, 0.4) is 0 Å². The van der Waals surface area contributed by atoms with Crippen molar-refractivity contribution >= 4 is 22.9 Å². The number of rotatable bonds is 4. The van der Waals surface area contributed by atoms with E-state index >= 15 is 0 Å². The second-order valence-electron chi connectivity index (χ2n) is 8.55. The summed E-state index contributed by atoms with van der Waals surface area (Å²) in [5, 5.41) is 17.1. The number of nitrogens with one attached hydrogen (secondary N) is 1. The first-order valence-corrected chi connectivity index (χ1v) is 10.5. The number of aromatic nitrogens is 3. The van der Waals surface area contributed by atoms with Crippen LogP contribution in [0.25, 0.3) is 5.65 Å². The summed E-state index contributed by atoms with van der Waals surface area (Å²) in [6.07, 6.45) is 5.53. The summed E-state index contributed by atoms with van der Waals surface area (Å²) in [5.41, 5.74) is 2.92. The number of piperazine rings is 1. The molecule has 2 aliphatic heterocycles. The first kappa shape index (κ1) is 19.8. The van der Waals surface area contributed by atoms with E-state index < -0.39 is 5.60 Å². The number of hydrogen-bond acceptors (Lipinski definition) is 7. The van der Waals surface area contributed by atoms with Gasteiger partial charge in [-0.1, -0.05) is 0 Å². The molecule has 9 heteroatoms. The Morgan fingerprint density at radius 1 is 1.29 bits per heavy atom. The van der Waals surface area contributed by atoms with Gasteiger partial charge in [0.25, 0.3) is 5.91 Å². The van der Waals surface area contributed by atoms with Crippen molar-refractivity contribution in [2.45, 2.75) is 18.9 Å². The zero-order valence-corrected chi connectivity index (χ0v) is 17.7. The molecule has 2 aromatic heterocycles. The number of fused-ring (bicyclic) bond motifs is 2. The molecule has 0 bridgehead atoms. The third-order valence-electron chi connectivity index (χ3n) is 6.05. The van der Waals surface area contributed by atoms with E-state index in [2.05, 4.69) is 32.2 Å². The third-order valence-corrected chi connectivity index (χ3v) is 6.05. The molecule has 0 unspecified atom stereocenters. The average Bonchev–Trinajstić information content (AvgIpc) is 3.34. The van der Waals surface area contributed by atoms with Gasteiger partial charge in [0.05, 0.1) is 24.2 Å². The lowest BCUT2D eigenvalue weighted by Gasteiger charge is -2.35. The lowest BCUT2D eigenvalue weighted by atomic mass is 9.99. The minimum Gasteiger partial charge on any atom is -0.484 e. The molecular formula is C22H26N6O3. The van der Waals surface area contributed by atoms with Gasteiger partial charge < -0.3 is 25.0 Å². The molecule has 2 N–H and O–H groups in total. The van der Waals surface area contributed by atoms with Gasteiger partial charge in [0, 0.05) is 56.6 Å². The number of likely N-dealkylation sites (N-methyl/N-ethyl adjacent to an activating group) is 1. The van der Waals surface area contributed by atoms with Gasteiger partial charge in [0.2, 0.25) is 0 Å². The molecule has 1 amide bonds. The Balaban J connectivity index is 1.50. The molecule has 0 saturated carbocycles. The zero-order valence-electron chi connectivity index (χ0n) is 17.7. The van der Waals surface area contributed by atoms with E-state index in [4.69, 9.17) is 4.74 Å². The predicted octanol–water partition coefficient (Wildman–Crippen LogP) is 1.42. The first-order chi connectivity index (χ1) is 15.0. The molecule has 162 valence electrons. The molecule has 5 rings (SSSR count). The van der Waals surface area contributed by atoms with Gasteiger partial charge in [-0.3, -0.25) is 4.79 Å². The van der Waals surface area contributed by atoms with E-state index in [1.807, 2.05) is 19.1 Å². The first-order valence-electron chi connectivity index (χ1n) is 10.5. The Labute approximate surface area is 180 Å². The van der Waals surface area contributed by atoms with Crippen molar-refractivity contribution < 1.29 is 14.6 Å². The van der Waals surface area contributed by atoms with Crippen LogP contribution in [0.5, 0.6) is 5.75 Å². The largest absolute Gasteiger partial charge is 0.484 e. The summed E-state index contributed by atoms with van der Waals surface area (Å²) in [6, 6.07) is 5.73. The summed E-state index contributed by atoms with van der Waals surface area (Å²) >= 11 is 0. The van der Waals surface area contributed by atoms with Gasteiger partial charge in [-0.25, -0.2) is 9.50 Å². The maximum atomic E-state index is 13.2. The molecule has 0 spiro atoms. The Morgan fingerprint density at radius 3 is 2.87 bits per heavy atom. The molecule has 1 fully saturated rings. The number of ether oxygens (including phenoxy) is 1. The van der Waals surface area contributed by atoms with Crippen LogP contribution in [-0.4, -0.2) is 75.9 Å². The minimum absolute atomic E-state index is 0.0682. The van der Waals surface area contributed by atoms with Crippen LogP contribution in [-0.2, 0) is 6.42 Å². The van der Waals surface area contributed by atoms with Crippen molar-refractivity contribution in [3.63, 3.8) is 0 Å². The van der Waals surface area contributed by atoms with E-state index in [-0.39, 0.29) is 12.5 Å². The topological polar surface area (TPSA) is 95.2 Å². The van der Waals surface area contributed by atoms with Crippen molar-refractivity contribution in [3.05, 3.63) is 47.9 Å². The Kier molecular flexibility index (Phi) is 4.79. The number of carbonyl (C=O) groups is 1. The average molecular weight is 422 g/mol. The molecular weight excluding hydrogens is 396 g/mol. The Hall–Kier alpha value is -3.17. The molecule has 9 nitrogen and oxygen atoms in total. The molecule has 1 saturated heterocycles. The highest BCUT2D eigenvalue weighted by atomic mass is 16.5. The van der Waals surface area contributed by atoms with E-state index in [9.17, 15) is 9.90 Å². The lowest BCUT2D eigenvalue weighted by Crippen LogP contribution is -2.44. The van der Waals surface area contributed by atoms with Crippen molar-refractivity contribution in [2.75, 3.05) is 50.1 Å². The van der Waals surface area contributed by atoms with Crippen LogP contribution in [0.4, 0.5) is 11.4 Å². The third kappa shape index (κ3) is 3.60. The highest BCUT2D eigenvalue weighted by Crippen LogP contribution is 2.42. The number of amides is 1. The normalized spacial score (nSPS) is 21.2. The van der Waals surface area contributed by atoms with Gasteiger partial charge in [0.1, 0.15) is 16.9 Å². The number of anilines is 2. The van der Waals surface area contributed by atoms with E-state index in [1.54, 1.807) is 23.0 Å². The molecule has 1 aromatic carbocycles. The fraction of sp³-hybridized carbons (Fsp3) is 0.409. The second-order valence-corrected chi connectivity index (χ2v) is 8.55. The van der Waals surface area contributed by atoms with E-state index in [0.717, 1.165) is 48.9 Å². The summed E-state index contributed by atoms with van der Waals surface area (Å²) in [5.74, 6) is 0.508. The van der Waals surface area contributed by atoms with E-state index in [0.29, 0.717) is 17.6 Å². The zero-order chi connectivity index (χ0) is 21.6. The Bertz CT molecular complexity index is 1140. The predicted molar refractivity (Wildman–Crippen MR) is 117 cm³/mol. The highest BCUT2D eigenvalue weighted by Gasteiger charge is 2.36. The Morgan fingerprint density at radius 2 is 2.10 bits per heavy atom. The van der Waals surface area contributed by atoms with Crippen LogP contribution in [0.15, 0.2) is 36.8 Å². The molecule has 1 atom stereocenters. The standard InChI is InChI=1S/C22H26N6O3/c1-22(14-29)12-15-10-17(18(11-19(15)31-22)27-8-6-26(2)7-9-27)25-21(30)16-13-24-28-5-3-4-23-20(16)28/h3-5,10-11,13,29H,6-9,12,14H2,1-2H3,(H,25,30)/t22-/m0/s1. The number of aliphatic hydroxyl groups is 1. The number of benzene rings is 1. The van der Waals surface area contributed by atoms with Crippen molar-refractivity contribution in [3.8, 4) is 5.75 Å². The fourth-order valence-electron chi connectivity index (χ4n) is 4.23. The summed E-state index contributed by atoms with van der Waals surface area (Å²) in [4.78, 5) is 22.0. The molecule has 31 heavy (non-hydrogen) atoms. The smallest absolute Gasteiger partial charge is 0.261 e. The van der Waals surface area contributed by atoms with Gasteiger partial charge in [-0.2, -0.15) is 5.10 Å². The molecule has 3 aromatic rings. The molecule has 0 aliphatic carbocycles. The molecule has 4 heterocycles. The molecule has 2 aliphatic rings. The maximum absolute atomic E-state index is 13.2. The van der Waals surface area contributed by atoms with E-state index in [1.165, 1.54) is 6.20 Å². The minimum atomic E-state index is -0.642. The lowest BCUT2D eigenvalue weighted by molar-refractivity contribution is 0.0447. The fourth-order valence-corrected chi connectivity index (χ4v) is 4.23. The monoisotopic (exact) mass is 422 g/mol. The summed E-state index contributed by atoms with van der Waals surface area (Å²) in [7, 11) is 2.11. The summed E-state index contributed by atoms with van der Waals surface area (Å²) in [6.45, 7) is 5.42.